The van der Waals surface area contributed by atoms with E-state index in [1.165, 1.54) is 36.0 Å². The average molecular weight is 446 g/mol. The lowest BCUT2D eigenvalue weighted by Crippen LogP contribution is -2.32. The summed E-state index contributed by atoms with van der Waals surface area (Å²) in [5.74, 6) is 0.380. The quantitative estimate of drug-likeness (QED) is 0.216. The molecule has 0 radical (unpaired) electrons. The molecule has 1 heterocycles. The molecule has 1 aromatic heterocycles. The van der Waals surface area contributed by atoms with E-state index in [0.29, 0.717) is 11.6 Å². The SMILES string of the molecule is CC(=O)c1cnc(N[C@@H](CSC/C=C(\C)CC/C=C(\C)CCC=C(C)C)C(=O)O)cn1. The van der Waals surface area contributed by atoms with Gasteiger partial charge in [-0.1, -0.05) is 34.9 Å². The number of allylic oxidation sites excluding steroid dienone is 5. The Morgan fingerprint density at radius 2 is 1.65 bits per heavy atom. The first-order valence-corrected chi connectivity index (χ1v) is 11.7. The van der Waals surface area contributed by atoms with E-state index in [-0.39, 0.29) is 11.5 Å². The Hall–Kier alpha value is -2.41. The molecule has 0 amide bonds. The highest BCUT2D eigenvalue weighted by atomic mass is 32.2. The van der Waals surface area contributed by atoms with Crippen molar-refractivity contribution in [1.29, 1.82) is 0 Å². The lowest BCUT2D eigenvalue weighted by atomic mass is 10.1. The van der Waals surface area contributed by atoms with Crippen LogP contribution < -0.4 is 5.32 Å². The number of hydrogen-bond acceptors (Lipinski definition) is 6. The number of carboxylic acid groups (broad SMARTS) is 1. The predicted molar refractivity (Wildman–Crippen MR) is 130 cm³/mol. The van der Waals surface area contributed by atoms with E-state index in [4.69, 9.17) is 0 Å². The van der Waals surface area contributed by atoms with Crippen molar-refractivity contribution in [2.24, 2.45) is 0 Å². The van der Waals surface area contributed by atoms with E-state index in [1.54, 1.807) is 11.8 Å². The predicted octanol–water partition coefficient (Wildman–Crippen LogP) is 5.70. The molecular formula is C24H35N3O3S. The van der Waals surface area contributed by atoms with Gasteiger partial charge in [-0.3, -0.25) is 4.79 Å². The molecule has 170 valence electrons. The molecular weight excluding hydrogens is 410 g/mol. The molecule has 0 unspecified atom stereocenters. The van der Waals surface area contributed by atoms with Gasteiger partial charge >= 0.3 is 5.97 Å². The molecule has 0 aliphatic rings. The summed E-state index contributed by atoms with van der Waals surface area (Å²) in [4.78, 5) is 30.8. The largest absolute Gasteiger partial charge is 0.480 e. The maximum atomic E-state index is 11.5. The van der Waals surface area contributed by atoms with Crippen molar-refractivity contribution in [2.75, 3.05) is 16.8 Å². The molecule has 0 saturated carbocycles. The Morgan fingerprint density at radius 3 is 2.19 bits per heavy atom. The van der Waals surface area contributed by atoms with Crippen LogP contribution in [0.2, 0.25) is 0 Å². The topological polar surface area (TPSA) is 92.2 Å². The van der Waals surface area contributed by atoms with E-state index in [2.05, 4.69) is 61.2 Å². The number of ketones is 1. The third-order valence-corrected chi connectivity index (χ3v) is 5.56. The van der Waals surface area contributed by atoms with Gasteiger partial charge in [-0.2, -0.15) is 11.8 Å². The maximum Gasteiger partial charge on any atom is 0.327 e. The highest BCUT2D eigenvalue weighted by molar-refractivity contribution is 7.99. The van der Waals surface area contributed by atoms with E-state index < -0.39 is 12.0 Å². The van der Waals surface area contributed by atoms with Crippen LogP contribution in [0.4, 0.5) is 5.82 Å². The Kier molecular flexibility index (Phi) is 12.5. The Bertz CT molecular complexity index is 810. The number of aromatic nitrogens is 2. The summed E-state index contributed by atoms with van der Waals surface area (Å²) in [5, 5.41) is 12.3. The molecule has 31 heavy (non-hydrogen) atoms. The third kappa shape index (κ3) is 12.1. The van der Waals surface area contributed by atoms with Crippen molar-refractivity contribution in [1.82, 2.24) is 9.97 Å². The van der Waals surface area contributed by atoms with Crippen LogP contribution in [0.1, 0.15) is 70.8 Å². The average Bonchev–Trinajstić information content (AvgIpc) is 2.70. The minimum Gasteiger partial charge on any atom is -0.480 e. The van der Waals surface area contributed by atoms with Crippen LogP contribution in [-0.4, -0.2) is 44.4 Å². The zero-order valence-corrected chi connectivity index (χ0v) is 20.1. The second kappa shape index (κ2) is 14.6. The monoisotopic (exact) mass is 445 g/mol. The smallest absolute Gasteiger partial charge is 0.327 e. The van der Waals surface area contributed by atoms with Crippen molar-refractivity contribution in [3.63, 3.8) is 0 Å². The Balaban J connectivity index is 2.39. The molecule has 0 fully saturated rings. The number of nitrogens with one attached hydrogen (secondary N) is 1. The van der Waals surface area contributed by atoms with Crippen LogP contribution in [0, 0.1) is 0 Å². The minimum absolute atomic E-state index is 0.180. The zero-order chi connectivity index (χ0) is 23.2. The van der Waals surface area contributed by atoms with Gasteiger partial charge in [0.1, 0.15) is 17.6 Å². The molecule has 2 N–H and O–H groups in total. The molecule has 0 aliphatic carbocycles. The Labute approximate surface area is 190 Å². The van der Waals surface area contributed by atoms with Crippen LogP contribution in [-0.2, 0) is 4.79 Å². The number of nitrogens with zero attached hydrogens (tertiary/aromatic N) is 2. The molecule has 7 heteroatoms. The summed E-state index contributed by atoms with van der Waals surface area (Å²) < 4.78 is 0. The van der Waals surface area contributed by atoms with Gasteiger partial charge in [-0.25, -0.2) is 14.8 Å². The van der Waals surface area contributed by atoms with Crippen LogP contribution in [0.5, 0.6) is 0 Å². The van der Waals surface area contributed by atoms with Gasteiger partial charge in [0.25, 0.3) is 0 Å². The first-order chi connectivity index (χ1) is 14.7. The van der Waals surface area contributed by atoms with Crippen molar-refractivity contribution >= 4 is 29.3 Å². The van der Waals surface area contributed by atoms with Crippen molar-refractivity contribution < 1.29 is 14.7 Å². The van der Waals surface area contributed by atoms with E-state index >= 15 is 0 Å². The first-order valence-electron chi connectivity index (χ1n) is 10.5. The van der Waals surface area contributed by atoms with Gasteiger partial charge in [0.05, 0.1) is 12.4 Å². The number of anilines is 1. The number of carboxylic acids is 1. The highest BCUT2D eigenvalue weighted by Crippen LogP contribution is 2.14. The fraction of sp³-hybridized carbons (Fsp3) is 0.500. The van der Waals surface area contributed by atoms with Gasteiger partial charge in [-0.05, 0) is 53.4 Å². The fourth-order valence-corrected chi connectivity index (χ4v) is 3.66. The number of carbonyl (C=O) groups excluding carboxylic acids is 1. The molecule has 1 aromatic rings. The number of carbonyl (C=O) groups is 2. The van der Waals surface area contributed by atoms with Crippen LogP contribution >= 0.6 is 11.8 Å². The molecule has 0 saturated heterocycles. The molecule has 0 aromatic carbocycles. The van der Waals surface area contributed by atoms with Gasteiger partial charge in [0.2, 0.25) is 0 Å². The van der Waals surface area contributed by atoms with Gasteiger partial charge in [0, 0.05) is 18.4 Å². The second-order valence-electron chi connectivity index (χ2n) is 7.88. The van der Waals surface area contributed by atoms with Gasteiger partial charge in [0.15, 0.2) is 5.78 Å². The summed E-state index contributed by atoms with van der Waals surface area (Å²) in [7, 11) is 0. The van der Waals surface area contributed by atoms with Crippen molar-refractivity contribution in [3.05, 3.63) is 53.0 Å². The Morgan fingerprint density at radius 1 is 1.00 bits per heavy atom. The summed E-state index contributed by atoms with van der Waals surface area (Å²) in [5.41, 5.74) is 4.36. The number of rotatable bonds is 14. The molecule has 0 spiro atoms. The molecule has 0 aliphatic heterocycles. The van der Waals surface area contributed by atoms with Crippen molar-refractivity contribution in [3.8, 4) is 0 Å². The molecule has 1 rings (SSSR count). The number of hydrogen-bond donors (Lipinski definition) is 2. The highest BCUT2D eigenvalue weighted by Gasteiger charge is 2.17. The molecule has 1 atom stereocenters. The van der Waals surface area contributed by atoms with Crippen LogP contribution in [0.25, 0.3) is 0 Å². The summed E-state index contributed by atoms with van der Waals surface area (Å²) >= 11 is 1.55. The number of aliphatic carboxylic acids is 1. The molecule has 0 bridgehead atoms. The van der Waals surface area contributed by atoms with Gasteiger partial charge < -0.3 is 10.4 Å². The number of thioether (sulfide) groups is 1. The standard InChI is InChI=1S/C24H35N3O3S/c1-17(2)8-6-9-18(3)10-7-11-19(4)12-13-31-16-22(24(29)30)27-23-15-25-21(14-26-23)20(5)28/h8,10,12,14-15,22H,6-7,9,11,13,16H2,1-5H3,(H,26,27)(H,29,30)/b18-10+,19-12+/t22-/m0/s1. The summed E-state index contributed by atoms with van der Waals surface area (Å²) in [6.07, 6.45) is 13.7. The number of Topliss-reactive ketones (excluding diaryl/α,β-unsaturated/α-hetero) is 1. The second-order valence-corrected chi connectivity index (χ2v) is 8.95. The molecule has 6 nitrogen and oxygen atoms in total. The van der Waals surface area contributed by atoms with E-state index in [0.717, 1.165) is 31.4 Å². The summed E-state index contributed by atoms with van der Waals surface area (Å²) in [6.45, 7) is 9.96. The summed E-state index contributed by atoms with van der Waals surface area (Å²) in [6, 6.07) is -0.775. The lowest BCUT2D eigenvalue weighted by molar-refractivity contribution is -0.137. The first kappa shape index (κ1) is 26.6. The van der Waals surface area contributed by atoms with Crippen LogP contribution in [0.3, 0.4) is 0 Å². The van der Waals surface area contributed by atoms with E-state index in [9.17, 15) is 14.7 Å². The fourth-order valence-electron chi connectivity index (χ4n) is 2.66. The third-order valence-electron chi connectivity index (χ3n) is 4.59. The van der Waals surface area contributed by atoms with Gasteiger partial charge in [-0.15, -0.1) is 0 Å². The zero-order valence-electron chi connectivity index (χ0n) is 19.3. The van der Waals surface area contributed by atoms with Crippen molar-refractivity contribution in [2.45, 2.75) is 66.3 Å². The van der Waals surface area contributed by atoms with Crippen LogP contribution in [0.15, 0.2) is 47.3 Å². The maximum absolute atomic E-state index is 11.5. The minimum atomic E-state index is -0.945. The lowest BCUT2D eigenvalue weighted by Gasteiger charge is -2.14. The van der Waals surface area contributed by atoms with E-state index in [1.807, 2.05) is 0 Å². The normalized spacial score (nSPS) is 12.9.